The van der Waals surface area contributed by atoms with Crippen LogP contribution in [0.4, 0.5) is 0 Å². The lowest BCUT2D eigenvalue weighted by molar-refractivity contribution is 0.304. The molecule has 0 aromatic carbocycles. The van der Waals surface area contributed by atoms with E-state index in [9.17, 15) is 0 Å². The zero-order chi connectivity index (χ0) is 8.97. The summed E-state index contributed by atoms with van der Waals surface area (Å²) in [6.45, 7) is 6.81. The fourth-order valence-corrected chi connectivity index (χ4v) is 1.77. The zero-order valence-corrected chi connectivity index (χ0v) is 8.34. The van der Waals surface area contributed by atoms with Crippen molar-refractivity contribution in [1.82, 2.24) is 5.32 Å². The van der Waals surface area contributed by atoms with Crippen molar-refractivity contribution in [3.8, 4) is 0 Å². The van der Waals surface area contributed by atoms with E-state index in [0.29, 0.717) is 12.0 Å². The van der Waals surface area contributed by atoms with E-state index < -0.39 is 0 Å². The number of nitrogens with one attached hydrogen (secondary N) is 1. The molecule has 0 radical (unpaired) electrons. The largest absolute Gasteiger partial charge is 0.327 e. The highest BCUT2D eigenvalue weighted by atomic mass is 14.9. The Morgan fingerprint density at radius 3 is 2.42 bits per heavy atom. The molecule has 72 valence electrons. The number of rotatable bonds is 3. The molecule has 2 nitrogen and oxygen atoms in total. The monoisotopic (exact) mass is 170 g/mol. The molecule has 3 N–H and O–H groups in total. The number of nitrogens with two attached hydrogens (primary N) is 1. The lowest BCUT2D eigenvalue weighted by Gasteiger charge is -2.26. The molecule has 12 heavy (non-hydrogen) atoms. The zero-order valence-electron chi connectivity index (χ0n) is 8.34. The fourth-order valence-electron chi connectivity index (χ4n) is 1.77. The average Bonchev–Trinajstić information content (AvgIpc) is 2.06. The maximum Gasteiger partial charge on any atom is 0.00645 e. The summed E-state index contributed by atoms with van der Waals surface area (Å²) in [5.74, 6) is 1.52. The summed E-state index contributed by atoms with van der Waals surface area (Å²) in [6, 6.07) is 0.410. The highest BCUT2D eigenvalue weighted by molar-refractivity contribution is 4.75. The van der Waals surface area contributed by atoms with Gasteiger partial charge < -0.3 is 11.1 Å². The highest BCUT2D eigenvalue weighted by Gasteiger charge is 2.17. The summed E-state index contributed by atoms with van der Waals surface area (Å²) in [5.41, 5.74) is 6.03. The summed E-state index contributed by atoms with van der Waals surface area (Å²) >= 11 is 0. The standard InChI is InChI=1S/C10H22N2/c1-8(2)10(11)7-9-3-5-12-6-4-9/h8-10,12H,3-7,11H2,1-2H3/t10-/m0/s1. The lowest BCUT2D eigenvalue weighted by Crippen LogP contribution is -2.34. The van der Waals surface area contributed by atoms with Crippen LogP contribution in [0.2, 0.25) is 0 Å². The molecule has 0 aromatic rings. The molecular weight excluding hydrogens is 148 g/mol. The van der Waals surface area contributed by atoms with Gasteiger partial charge in [0, 0.05) is 6.04 Å². The van der Waals surface area contributed by atoms with E-state index in [1.165, 1.54) is 32.4 Å². The smallest absolute Gasteiger partial charge is 0.00645 e. The Morgan fingerprint density at radius 2 is 1.92 bits per heavy atom. The van der Waals surface area contributed by atoms with Crippen molar-refractivity contribution in [3.05, 3.63) is 0 Å². The molecule has 1 fully saturated rings. The predicted molar refractivity (Wildman–Crippen MR) is 53.0 cm³/mol. The summed E-state index contributed by atoms with van der Waals surface area (Å²) in [4.78, 5) is 0. The van der Waals surface area contributed by atoms with Gasteiger partial charge in [-0.1, -0.05) is 13.8 Å². The van der Waals surface area contributed by atoms with Crippen molar-refractivity contribution >= 4 is 0 Å². The molecule has 0 bridgehead atoms. The third-order valence-electron chi connectivity index (χ3n) is 2.92. The molecule has 1 aliphatic rings. The topological polar surface area (TPSA) is 38.0 Å². The van der Waals surface area contributed by atoms with E-state index in [2.05, 4.69) is 19.2 Å². The van der Waals surface area contributed by atoms with Gasteiger partial charge in [0.15, 0.2) is 0 Å². The van der Waals surface area contributed by atoms with Gasteiger partial charge in [-0.3, -0.25) is 0 Å². The van der Waals surface area contributed by atoms with Gasteiger partial charge in [0.05, 0.1) is 0 Å². The molecule has 0 amide bonds. The van der Waals surface area contributed by atoms with Crippen molar-refractivity contribution in [1.29, 1.82) is 0 Å². The molecule has 0 aromatic heterocycles. The minimum atomic E-state index is 0.410. The summed E-state index contributed by atoms with van der Waals surface area (Å²) in [6.07, 6.45) is 3.86. The Bertz CT molecular complexity index is 117. The Labute approximate surface area is 75.9 Å². The van der Waals surface area contributed by atoms with Crippen LogP contribution in [0, 0.1) is 11.8 Å². The molecule has 1 saturated heterocycles. The van der Waals surface area contributed by atoms with Crippen LogP contribution < -0.4 is 11.1 Å². The van der Waals surface area contributed by atoms with Gasteiger partial charge in [-0.15, -0.1) is 0 Å². The van der Waals surface area contributed by atoms with Crippen LogP contribution in [0.5, 0.6) is 0 Å². The maximum atomic E-state index is 6.03. The van der Waals surface area contributed by atoms with Gasteiger partial charge in [-0.05, 0) is 44.2 Å². The highest BCUT2D eigenvalue weighted by Crippen LogP contribution is 2.19. The first-order valence-electron chi connectivity index (χ1n) is 5.16. The number of hydrogen-bond donors (Lipinski definition) is 2. The molecule has 1 atom stereocenters. The van der Waals surface area contributed by atoms with Crippen molar-refractivity contribution in [3.63, 3.8) is 0 Å². The lowest BCUT2D eigenvalue weighted by atomic mass is 9.87. The third kappa shape index (κ3) is 3.11. The predicted octanol–water partition coefficient (Wildman–Crippen LogP) is 1.36. The van der Waals surface area contributed by atoms with E-state index in [1.807, 2.05) is 0 Å². The minimum Gasteiger partial charge on any atom is -0.327 e. The van der Waals surface area contributed by atoms with Crippen LogP contribution in [-0.4, -0.2) is 19.1 Å². The van der Waals surface area contributed by atoms with E-state index in [0.717, 1.165) is 5.92 Å². The molecule has 2 heteroatoms. The molecule has 1 aliphatic heterocycles. The van der Waals surface area contributed by atoms with E-state index in [-0.39, 0.29) is 0 Å². The molecule has 0 spiro atoms. The second kappa shape index (κ2) is 4.83. The maximum absolute atomic E-state index is 6.03. The molecule has 1 rings (SSSR count). The summed E-state index contributed by atoms with van der Waals surface area (Å²) in [5, 5.41) is 3.38. The SMILES string of the molecule is CC(C)[C@@H](N)CC1CCNCC1. The minimum absolute atomic E-state index is 0.410. The van der Waals surface area contributed by atoms with Gasteiger partial charge in [-0.25, -0.2) is 0 Å². The Hall–Kier alpha value is -0.0800. The van der Waals surface area contributed by atoms with Crippen LogP contribution in [0.1, 0.15) is 33.1 Å². The molecular formula is C10H22N2. The summed E-state index contributed by atoms with van der Waals surface area (Å²) < 4.78 is 0. The van der Waals surface area contributed by atoms with Crippen LogP contribution in [0.15, 0.2) is 0 Å². The van der Waals surface area contributed by atoms with Gasteiger partial charge in [-0.2, -0.15) is 0 Å². The van der Waals surface area contributed by atoms with Crippen LogP contribution in [0.25, 0.3) is 0 Å². The summed E-state index contributed by atoms with van der Waals surface area (Å²) in [7, 11) is 0. The Kier molecular flexibility index (Phi) is 4.02. The first-order valence-corrected chi connectivity index (χ1v) is 5.16. The van der Waals surface area contributed by atoms with Gasteiger partial charge in [0.25, 0.3) is 0 Å². The van der Waals surface area contributed by atoms with Gasteiger partial charge >= 0.3 is 0 Å². The average molecular weight is 170 g/mol. The van der Waals surface area contributed by atoms with Crippen LogP contribution in [0.3, 0.4) is 0 Å². The molecule has 1 heterocycles. The normalized spacial score (nSPS) is 23.0. The van der Waals surface area contributed by atoms with E-state index in [1.54, 1.807) is 0 Å². The van der Waals surface area contributed by atoms with Crippen LogP contribution in [-0.2, 0) is 0 Å². The Balaban J connectivity index is 2.20. The van der Waals surface area contributed by atoms with Gasteiger partial charge in [0.2, 0.25) is 0 Å². The van der Waals surface area contributed by atoms with Crippen molar-refractivity contribution in [2.45, 2.75) is 39.2 Å². The van der Waals surface area contributed by atoms with Gasteiger partial charge in [0.1, 0.15) is 0 Å². The second-order valence-corrected chi connectivity index (χ2v) is 4.34. The molecule has 0 aliphatic carbocycles. The number of hydrogen-bond acceptors (Lipinski definition) is 2. The van der Waals surface area contributed by atoms with Crippen molar-refractivity contribution in [2.24, 2.45) is 17.6 Å². The van der Waals surface area contributed by atoms with E-state index >= 15 is 0 Å². The number of piperidine rings is 1. The molecule has 0 saturated carbocycles. The molecule has 0 unspecified atom stereocenters. The first kappa shape index (κ1) is 10.0. The van der Waals surface area contributed by atoms with Crippen LogP contribution >= 0.6 is 0 Å². The second-order valence-electron chi connectivity index (χ2n) is 4.34. The Morgan fingerprint density at radius 1 is 1.33 bits per heavy atom. The third-order valence-corrected chi connectivity index (χ3v) is 2.92. The first-order chi connectivity index (χ1) is 5.70. The van der Waals surface area contributed by atoms with E-state index in [4.69, 9.17) is 5.73 Å². The van der Waals surface area contributed by atoms with Crippen molar-refractivity contribution < 1.29 is 0 Å². The fraction of sp³-hybridized carbons (Fsp3) is 1.00. The van der Waals surface area contributed by atoms with Crippen molar-refractivity contribution in [2.75, 3.05) is 13.1 Å². The quantitative estimate of drug-likeness (QED) is 0.671.